The van der Waals surface area contributed by atoms with Crippen molar-refractivity contribution in [1.29, 1.82) is 0 Å². The van der Waals surface area contributed by atoms with E-state index in [1.165, 1.54) is 0 Å². The summed E-state index contributed by atoms with van der Waals surface area (Å²) in [6, 6.07) is 0. The third kappa shape index (κ3) is 9.24. The third-order valence-corrected chi connectivity index (χ3v) is 2.31. The summed E-state index contributed by atoms with van der Waals surface area (Å²) in [5.74, 6) is -0.719. The second kappa shape index (κ2) is 9.23. The molecule has 0 aromatic carbocycles. The lowest BCUT2D eigenvalue weighted by Gasteiger charge is -2.05. The number of rotatable bonds is 6. The number of hydrazone groups is 2. The van der Waals surface area contributed by atoms with Crippen LogP contribution in [0.3, 0.4) is 0 Å². The highest BCUT2D eigenvalue weighted by Crippen LogP contribution is 2.01. The average Bonchev–Trinajstić information content (AvgIpc) is 2.31. The van der Waals surface area contributed by atoms with E-state index >= 15 is 0 Å². The highest BCUT2D eigenvalue weighted by atomic mass is 16.2. The first-order chi connectivity index (χ1) is 9.22. The Morgan fingerprint density at radius 3 is 1.35 bits per heavy atom. The molecule has 0 radical (unpaired) electrons. The summed E-state index contributed by atoms with van der Waals surface area (Å²) in [6.45, 7) is 11.8. The Morgan fingerprint density at radius 2 is 1.10 bits per heavy atom. The second-order valence-electron chi connectivity index (χ2n) is 5.77. The molecule has 0 unspecified atom stereocenters. The van der Waals surface area contributed by atoms with Gasteiger partial charge in [-0.1, -0.05) is 27.7 Å². The molecule has 20 heavy (non-hydrogen) atoms. The van der Waals surface area contributed by atoms with Gasteiger partial charge in [-0.3, -0.25) is 9.59 Å². The summed E-state index contributed by atoms with van der Waals surface area (Å²) < 4.78 is 0. The molecule has 0 atom stereocenters. The van der Waals surface area contributed by atoms with Gasteiger partial charge in [-0.05, 0) is 38.5 Å². The molecule has 0 aromatic rings. The predicted molar refractivity (Wildman–Crippen MR) is 81.4 cm³/mol. The number of amides is 2. The van der Waals surface area contributed by atoms with Gasteiger partial charge in [0.25, 0.3) is 0 Å². The molecule has 0 aliphatic heterocycles. The Balaban J connectivity index is 4.26. The van der Waals surface area contributed by atoms with Gasteiger partial charge in [-0.2, -0.15) is 10.2 Å². The average molecular weight is 282 g/mol. The van der Waals surface area contributed by atoms with Crippen molar-refractivity contribution in [2.75, 3.05) is 0 Å². The van der Waals surface area contributed by atoms with Gasteiger partial charge in [-0.25, -0.2) is 10.9 Å². The van der Waals surface area contributed by atoms with Crippen LogP contribution in [0.15, 0.2) is 10.2 Å². The van der Waals surface area contributed by atoms with Gasteiger partial charge in [0.15, 0.2) is 0 Å². The van der Waals surface area contributed by atoms with Crippen molar-refractivity contribution >= 4 is 23.2 Å². The van der Waals surface area contributed by atoms with Gasteiger partial charge in [0.05, 0.1) is 0 Å². The van der Waals surface area contributed by atoms with E-state index in [0.29, 0.717) is 11.8 Å². The maximum Gasteiger partial charge on any atom is 0.331 e. The minimum atomic E-state index is -0.811. The molecular formula is C14H26N4O2. The molecule has 0 saturated heterocycles. The highest BCUT2D eigenvalue weighted by Gasteiger charge is 2.12. The number of nitrogens with one attached hydrogen (secondary N) is 2. The molecule has 114 valence electrons. The topological polar surface area (TPSA) is 82.9 Å². The van der Waals surface area contributed by atoms with Crippen molar-refractivity contribution in [3.05, 3.63) is 0 Å². The van der Waals surface area contributed by atoms with Crippen LogP contribution >= 0.6 is 0 Å². The summed E-state index contributed by atoms with van der Waals surface area (Å²) in [6.07, 6.45) is 1.54. The SMILES string of the molecule is C/C(CC(C)C)=N/NC(=O)C(=O)N/N=C(/C)CC(C)C. The first-order valence-electron chi connectivity index (χ1n) is 6.89. The smallest absolute Gasteiger partial charge is 0.262 e. The number of nitrogens with zero attached hydrogens (tertiary/aromatic N) is 2. The van der Waals surface area contributed by atoms with Crippen LogP contribution in [-0.2, 0) is 9.59 Å². The molecule has 0 heterocycles. The number of carbonyl (C=O) groups is 2. The van der Waals surface area contributed by atoms with Crippen LogP contribution in [0.2, 0.25) is 0 Å². The standard InChI is InChI=1S/C14H26N4O2/c1-9(2)7-11(5)15-17-13(19)14(20)18-16-12(6)8-10(3)4/h9-10H,7-8H2,1-6H3,(H,17,19)(H,18,20)/b15-11-,16-12-. The fraction of sp³-hybridized carbons (Fsp3) is 0.714. The van der Waals surface area contributed by atoms with E-state index in [4.69, 9.17) is 0 Å². The van der Waals surface area contributed by atoms with Crippen LogP contribution in [0.4, 0.5) is 0 Å². The van der Waals surface area contributed by atoms with Crippen LogP contribution in [0.1, 0.15) is 54.4 Å². The fourth-order valence-electron chi connectivity index (χ4n) is 1.67. The molecule has 0 aliphatic rings. The van der Waals surface area contributed by atoms with Crippen molar-refractivity contribution in [2.24, 2.45) is 22.0 Å². The normalized spacial score (nSPS) is 12.8. The Kier molecular flexibility index (Phi) is 8.43. The van der Waals surface area contributed by atoms with E-state index < -0.39 is 11.8 Å². The Morgan fingerprint density at radius 1 is 0.800 bits per heavy atom. The van der Waals surface area contributed by atoms with Crippen molar-refractivity contribution < 1.29 is 9.59 Å². The lowest BCUT2D eigenvalue weighted by atomic mass is 10.1. The zero-order valence-corrected chi connectivity index (χ0v) is 13.3. The summed E-state index contributed by atoms with van der Waals surface area (Å²) in [5.41, 5.74) is 6.00. The molecule has 0 spiro atoms. The number of carbonyl (C=O) groups excluding carboxylic acids is 2. The van der Waals surface area contributed by atoms with E-state index in [0.717, 1.165) is 24.3 Å². The quantitative estimate of drug-likeness (QED) is 0.444. The Labute approximate surface area is 121 Å². The van der Waals surface area contributed by atoms with Crippen LogP contribution < -0.4 is 10.9 Å². The molecule has 6 heteroatoms. The molecule has 0 rings (SSSR count). The van der Waals surface area contributed by atoms with Crippen molar-refractivity contribution in [1.82, 2.24) is 10.9 Å². The lowest BCUT2D eigenvalue weighted by molar-refractivity contribution is -0.139. The summed E-state index contributed by atoms with van der Waals surface area (Å²) >= 11 is 0. The van der Waals surface area contributed by atoms with E-state index in [-0.39, 0.29) is 0 Å². The minimum absolute atomic E-state index is 0.452. The molecule has 0 saturated carbocycles. The maximum absolute atomic E-state index is 11.5. The Bertz CT molecular complexity index is 360. The monoisotopic (exact) mass is 282 g/mol. The molecule has 0 fully saturated rings. The van der Waals surface area contributed by atoms with Crippen LogP contribution in [0.5, 0.6) is 0 Å². The Hall–Kier alpha value is -1.72. The van der Waals surface area contributed by atoms with E-state index in [1.807, 2.05) is 13.8 Å². The van der Waals surface area contributed by atoms with Gasteiger partial charge in [0, 0.05) is 11.4 Å². The summed E-state index contributed by atoms with van der Waals surface area (Å²) in [4.78, 5) is 22.9. The van der Waals surface area contributed by atoms with E-state index in [2.05, 4.69) is 48.7 Å². The second-order valence-corrected chi connectivity index (χ2v) is 5.77. The maximum atomic E-state index is 11.5. The van der Waals surface area contributed by atoms with Crippen LogP contribution in [-0.4, -0.2) is 23.2 Å². The van der Waals surface area contributed by atoms with Crippen molar-refractivity contribution in [3.63, 3.8) is 0 Å². The van der Waals surface area contributed by atoms with E-state index in [1.54, 1.807) is 0 Å². The van der Waals surface area contributed by atoms with Gasteiger partial charge >= 0.3 is 11.8 Å². The van der Waals surface area contributed by atoms with Gasteiger partial charge in [0.2, 0.25) is 0 Å². The van der Waals surface area contributed by atoms with Crippen molar-refractivity contribution in [3.8, 4) is 0 Å². The molecular weight excluding hydrogens is 256 g/mol. The summed E-state index contributed by atoms with van der Waals surface area (Å²) in [7, 11) is 0. The van der Waals surface area contributed by atoms with Crippen LogP contribution in [0.25, 0.3) is 0 Å². The minimum Gasteiger partial charge on any atom is -0.262 e. The molecule has 0 aliphatic carbocycles. The largest absolute Gasteiger partial charge is 0.331 e. The van der Waals surface area contributed by atoms with Crippen molar-refractivity contribution in [2.45, 2.75) is 54.4 Å². The molecule has 2 N–H and O–H groups in total. The lowest BCUT2D eigenvalue weighted by Crippen LogP contribution is -2.36. The molecule has 6 nitrogen and oxygen atoms in total. The first-order valence-corrected chi connectivity index (χ1v) is 6.89. The molecule has 2 amide bonds. The highest BCUT2D eigenvalue weighted by molar-refractivity contribution is 6.35. The molecule has 0 bridgehead atoms. The van der Waals surface area contributed by atoms with Gasteiger partial charge in [-0.15, -0.1) is 0 Å². The zero-order chi connectivity index (χ0) is 15.7. The first kappa shape index (κ1) is 18.3. The zero-order valence-electron chi connectivity index (χ0n) is 13.3. The number of hydrogen-bond acceptors (Lipinski definition) is 4. The number of hydrogen-bond donors (Lipinski definition) is 2. The van der Waals surface area contributed by atoms with Gasteiger partial charge in [0.1, 0.15) is 0 Å². The predicted octanol–water partition coefficient (Wildman–Crippen LogP) is 2.06. The van der Waals surface area contributed by atoms with E-state index in [9.17, 15) is 9.59 Å². The third-order valence-electron chi connectivity index (χ3n) is 2.31. The fourth-order valence-corrected chi connectivity index (χ4v) is 1.67. The van der Waals surface area contributed by atoms with Gasteiger partial charge < -0.3 is 0 Å². The summed E-state index contributed by atoms with van der Waals surface area (Å²) in [5, 5.41) is 7.74. The van der Waals surface area contributed by atoms with Crippen LogP contribution in [0, 0.1) is 11.8 Å². The molecule has 0 aromatic heterocycles.